The van der Waals surface area contributed by atoms with E-state index < -0.39 is 74.1 Å². The van der Waals surface area contributed by atoms with Crippen LogP contribution >= 0.6 is 0 Å². The van der Waals surface area contributed by atoms with E-state index in [0.717, 1.165) is 0 Å². The molecule has 2 fully saturated rings. The molecule has 0 N–H and O–H groups in total. The van der Waals surface area contributed by atoms with E-state index in [4.69, 9.17) is 4.74 Å². The number of nitrogens with zero attached hydrogens (tertiary/aromatic N) is 1. The van der Waals surface area contributed by atoms with Crippen molar-refractivity contribution in [2.24, 2.45) is 0 Å². The Bertz CT molecular complexity index is 745. The van der Waals surface area contributed by atoms with E-state index in [9.17, 15) is 65.9 Å². The average Bonchev–Trinajstić information content (AvgIpc) is 3.23. The molecule has 2 aliphatic rings. The molecule has 0 aromatic rings. The molecule has 2 rings (SSSR count). The molecule has 0 saturated carbocycles. The van der Waals surface area contributed by atoms with Crippen molar-refractivity contribution in [1.82, 2.24) is 4.90 Å². The highest BCUT2D eigenvalue weighted by atomic mass is 19.4. The van der Waals surface area contributed by atoms with Gasteiger partial charge in [-0.3, -0.25) is 14.3 Å². The number of ether oxygens (including phenoxy) is 4. The fraction of sp³-hybridized carbons (Fsp3) is 1.00. The average molecular weight is 591 g/mol. The maximum atomic E-state index is 14.4. The summed E-state index contributed by atoms with van der Waals surface area (Å²) in [5, 5.41) is 0. The lowest BCUT2D eigenvalue weighted by atomic mass is 10.0. The van der Waals surface area contributed by atoms with Crippen molar-refractivity contribution in [2.75, 3.05) is 26.3 Å². The van der Waals surface area contributed by atoms with Gasteiger partial charge in [0.25, 0.3) is 6.36 Å². The van der Waals surface area contributed by atoms with E-state index in [1.165, 1.54) is 0 Å². The van der Waals surface area contributed by atoms with Crippen LogP contribution in [-0.4, -0.2) is 92.4 Å². The number of alkyl halides is 15. The van der Waals surface area contributed by atoms with Gasteiger partial charge in [0.15, 0.2) is 0 Å². The van der Waals surface area contributed by atoms with Crippen molar-refractivity contribution in [3.63, 3.8) is 0 Å². The van der Waals surface area contributed by atoms with Gasteiger partial charge in [-0.05, 0) is 12.8 Å². The number of hydrogen-bond acceptors (Lipinski definition) is 5. The quantitative estimate of drug-likeness (QED) is 0.257. The number of halogens is 16. The van der Waals surface area contributed by atoms with Crippen LogP contribution in [0.5, 0.6) is 0 Å². The van der Waals surface area contributed by atoms with Crippen molar-refractivity contribution in [1.29, 1.82) is 0 Å². The van der Waals surface area contributed by atoms with E-state index in [0.29, 0.717) is 4.90 Å². The van der Waals surface area contributed by atoms with Crippen LogP contribution in [0.2, 0.25) is 0 Å². The van der Waals surface area contributed by atoms with Gasteiger partial charge in [0.2, 0.25) is 6.30 Å². The SMILES string of the molecule is F.FC(OC(F)(F)C(F)(F)C(F)(F)OC(F)(F)F)C(F)(F)C1CCC(C(F)(F)C(F)N2CCOCC2)O1. The van der Waals surface area contributed by atoms with Crippen LogP contribution in [0.1, 0.15) is 12.8 Å². The van der Waals surface area contributed by atoms with Crippen LogP contribution < -0.4 is 0 Å². The van der Waals surface area contributed by atoms with E-state index in [2.05, 4.69) is 9.47 Å². The summed E-state index contributed by atoms with van der Waals surface area (Å²) in [6.07, 6.45) is -37.1. The van der Waals surface area contributed by atoms with Crippen LogP contribution in [0.25, 0.3) is 0 Å². The summed E-state index contributed by atoms with van der Waals surface area (Å²) in [6.45, 7) is -0.990. The molecule has 0 aromatic heterocycles. The Labute approximate surface area is 196 Å². The molecule has 0 aliphatic carbocycles. The minimum absolute atomic E-state index is 0. The fourth-order valence-corrected chi connectivity index (χ4v) is 3.21. The minimum atomic E-state index is -7.36. The molecule has 222 valence electrons. The van der Waals surface area contributed by atoms with Crippen molar-refractivity contribution < 1.29 is 89.5 Å². The molecule has 0 aromatic carbocycles. The molecule has 0 radical (unpaired) electrons. The molecule has 5 nitrogen and oxygen atoms in total. The summed E-state index contributed by atoms with van der Waals surface area (Å²) in [5.74, 6) is -17.4. The van der Waals surface area contributed by atoms with Crippen LogP contribution in [0.3, 0.4) is 0 Å². The molecule has 2 aliphatic heterocycles. The van der Waals surface area contributed by atoms with Gasteiger partial charge in [-0.1, -0.05) is 0 Å². The number of hydrogen-bond donors (Lipinski definition) is 0. The summed E-state index contributed by atoms with van der Waals surface area (Å²) < 4.78 is 213. The predicted octanol–water partition coefficient (Wildman–Crippen LogP) is 5.25. The maximum Gasteiger partial charge on any atom is 0.527 e. The first-order chi connectivity index (χ1) is 16.1. The highest BCUT2D eigenvalue weighted by Gasteiger charge is 2.78. The molecule has 2 saturated heterocycles. The predicted molar refractivity (Wildman–Crippen MR) is 85.5 cm³/mol. The summed E-state index contributed by atoms with van der Waals surface area (Å²) >= 11 is 0. The van der Waals surface area contributed by atoms with Gasteiger partial charge < -0.3 is 9.47 Å². The van der Waals surface area contributed by atoms with Crippen LogP contribution in [0.15, 0.2) is 0 Å². The van der Waals surface area contributed by atoms with Gasteiger partial charge in [-0.25, -0.2) is 13.5 Å². The van der Waals surface area contributed by atoms with E-state index in [1.807, 2.05) is 0 Å². The number of morpholine rings is 1. The topological polar surface area (TPSA) is 40.2 Å². The molecule has 0 bridgehead atoms. The normalized spacial score (nSPS) is 25.1. The lowest BCUT2D eigenvalue weighted by Gasteiger charge is -2.36. The van der Waals surface area contributed by atoms with Gasteiger partial charge in [0, 0.05) is 13.1 Å². The minimum Gasteiger partial charge on any atom is -0.379 e. The largest absolute Gasteiger partial charge is 0.527 e. The Balaban J connectivity index is 0.00000684. The Hall–Kier alpha value is -1.32. The fourth-order valence-electron chi connectivity index (χ4n) is 3.21. The molecular weight excluding hydrogens is 574 g/mol. The van der Waals surface area contributed by atoms with E-state index >= 15 is 0 Å². The number of rotatable bonds is 10. The smallest absolute Gasteiger partial charge is 0.379 e. The van der Waals surface area contributed by atoms with Gasteiger partial charge in [0.1, 0.15) is 12.2 Å². The first-order valence-corrected chi connectivity index (χ1v) is 9.65. The van der Waals surface area contributed by atoms with Gasteiger partial charge >= 0.3 is 36.3 Å². The first kappa shape index (κ1) is 33.7. The highest BCUT2D eigenvalue weighted by molar-refractivity contribution is 4.96. The molecule has 0 spiro atoms. The molecule has 4 unspecified atom stereocenters. The summed E-state index contributed by atoms with van der Waals surface area (Å²) in [7, 11) is 0. The standard InChI is InChI=1S/C16H16F15NO4.FH/c17-9(32-3-5-33-6-4-32)11(19,20)7-1-2-8(34-7)12(21,22)10(18)35-14(25,26)13(23,24)15(27,28)36-16(29,30)31;/h7-10H,1-6H2;1H. The summed E-state index contributed by atoms with van der Waals surface area (Å²) in [5.41, 5.74) is 0. The summed E-state index contributed by atoms with van der Waals surface area (Å²) in [4.78, 5) is 0.561. The third kappa shape index (κ3) is 7.01. The van der Waals surface area contributed by atoms with Crippen molar-refractivity contribution in [3.05, 3.63) is 0 Å². The summed E-state index contributed by atoms with van der Waals surface area (Å²) in [6, 6.07) is 0. The molecular formula is C16H17F16NO4. The zero-order valence-corrected chi connectivity index (χ0v) is 17.7. The Morgan fingerprint density at radius 1 is 0.703 bits per heavy atom. The molecule has 4 atom stereocenters. The molecule has 0 amide bonds. The van der Waals surface area contributed by atoms with Crippen molar-refractivity contribution in [2.45, 2.75) is 74.1 Å². The Morgan fingerprint density at radius 2 is 1.16 bits per heavy atom. The monoisotopic (exact) mass is 591 g/mol. The van der Waals surface area contributed by atoms with Gasteiger partial charge in [-0.2, -0.15) is 43.9 Å². The van der Waals surface area contributed by atoms with Crippen LogP contribution in [0, 0.1) is 0 Å². The van der Waals surface area contributed by atoms with Gasteiger partial charge in [0.05, 0.1) is 13.2 Å². The zero-order chi connectivity index (χ0) is 28.0. The lowest BCUT2D eigenvalue weighted by Crippen LogP contribution is -2.60. The third-order valence-electron chi connectivity index (χ3n) is 5.09. The van der Waals surface area contributed by atoms with E-state index in [1.54, 1.807) is 4.74 Å². The van der Waals surface area contributed by atoms with Crippen LogP contribution in [-0.2, 0) is 18.9 Å². The van der Waals surface area contributed by atoms with Crippen molar-refractivity contribution in [3.8, 4) is 0 Å². The van der Waals surface area contributed by atoms with Crippen LogP contribution in [0.4, 0.5) is 70.6 Å². The zero-order valence-electron chi connectivity index (χ0n) is 17.7. The second kappa shape index (κ2) is 11.0. The van der Waals surface area contributed by atoms with Gasteiger partial charge in [-0.15, -0.1) is 13.2 Å². The molecule has 2 heterocycles. The second-order valence-electron chi connectivity index (χ2n) is 7.61. The van der Waals surface area contributed by atoms with E-state index in [-0.39, 0.29) is 31.0 Å². The third-order valence-corrected chi connectivity index (χ3v) is 5.09. The first-order valence-electron chi connectivity index (χ1n) is 9.65. The lowest BCUT2D eigenvalue weighted by molar-refractivity contribution is -0.516. The Kier molecular flexibility index (Phi) is 10.1. The second-order valence-corrected chi connectivity index (χ2v) is 7.61. The molecule has 21 heteroatoms. The van der Waals surface area contributed by atoms with Crippen molar-refractivity contribution >= 4 is 0 Å². The maximum absolute atomic E-state index is 14.4. The molecule has 37 heavy (non-hydrogen) atoms. The Morgan fingerprint density at radius 3 is 1.62 bits per heavy atom. The highest BCUT2D eigenvalue weighted by Crippen LogP contribution is 2.51.